The minimum Gasteiger partial charge on any atom is -0.497 e. The number of rotatable bonds is 5. The maximum absolute atomic E-state index is 12.7. The van der Waals surface area contributed by atoms with E-state index < -0.39 is 29.7 Å². The van der Waals surface area contributed by atoms with Gasteiger partial charge in [-0.3, -0.25) is 14.5 Å². The average Bonchev–Trinajstić information content (AvgIpc) is 2.67. The molecule has 134 valence electrons. The third-order valence-electron chi connectivity index (χ3n) is 4.34. The zero-order valence-electron chi connectivity index (χ0n) is 14.5. The molecule has 2 aromatic rings. The molecule has 1 fully saturated rings. The van der Waals surface area contributed by atoms with Crippen molar-refractivity contribution in [2.75, 3.05) is 13.7 Å². The number of hydrogen-bond donors (Lipinski definition) is 0. The summed E-state index contributed by atoms with van der Waals surface area (Å²) in [5, 5.41) is 0. The molecule has 0 aromatic heterocycles. The smallest absolute Gasteiger partial charge is 0.330 e. The maximum atomic E-state index is 12.7. The minimum atomic E-state index is -0.969. The summed E-state index contributed by atoms with van der Waals surface area (Å²) in [6, 6.07) is 14.3. The Hall–Kier alpha value is -3.15. The van der Waals surface area contributed by atoms with E-state index in [0.29, 0.717) is 16.9 Å². The van der Waals surface area contributed by atoms with Crippen LogP contribution in [0.3, 0.4) is 0 Å². The first-order valence-corrected chi connectivity index (χ1v) is 8.31. The van der Waals surface area contributed by atoms with Crippen LogP contribution in [0.4, 0.5) is 0 Å². The van der Waals surface area contributed by atoms with Gasteiger partial charge in [0.15, 0.2) is 6.04 Å². The molecule has 1 aliphatic rings. The molecule has 0 aliphatic carbocycles. The highest BCUT2D eigenvalue weighted by atomic mass is 16.5. The number of esters is 1. The van der Waals surface area contributed by atoms with Gasteiger partial charge in [0.25, 0.3) is 5.91 Å². The molecule has 2 atom stereocenters. The molecule has 2 aromatic carbocycles. The van der Waals surface area contributed by atoms with Gasteiger partial charge in [0.2, 0.25) is 5.91 Å². The van der Waals surface area contributed by atoms with Crippen LogP contribution in [0.5, 0.6) is 5.75 Å². The lowest BCUT2D eigenvalue weighted by Gasteiger charge is -2.43. The molecule has 26 heavy (non-hydrogen) atoms. The number of β-lactam (4-membered cyclic amide) rings is 1. The van der Waals surface area contributed by atoms with Crippen LogP contribution in [0.2, 0.25) is 0 Å². The number of carbonyl (C=O) groups excluding carboxylic acids is 3. The summed E-state index contributed by atoms with van der Waals surface area (Å²) >= 11 is 0. The van der Waals surface area contributed by atoms with Gasteiger partial charge in [0.05, 0.1) is 19.6 Å². The van der Waals surface area contributed by atoms with Crippen molar-refractivity contribution in [3.63, 3.8) is 0 Å². The quantitative estimate of drug-likeness (QED) is 0.469. The number of likely N-dealkylation sites (tertiary alicyclic amines) is 1. The zero-order valence-corrected chi connectivity index (χ0v) is 14.5. The van der Waals surface area contributed by atoms with Crippen molar-refractivity contribution in [3.05, 3.63) is 65.7 Å². The van der Waals surface area contributed by atoms with Gasteiger partial charge in [-0.15, -0.1) is 0 Å². The molecule has 0 unspecified atom stereocenters. The molecule has 0 bridgehead atoms. The van der Waals surface area contributed by atoms with E-state index in [4.69, 9.17) is 9.47 Å². The largest absolute Gasteiger partial charge is 0.497 e. The lowest BCUT2D eigenvalue weighted by Crippen LogP contribution is -2.65. The maximum Gasteiger partial charge on any atom is 0.330 e. The molecule has 6 nitrogen and oxygen atoms in total. The summed E-state index contributed by atoms with van der Waals surface area (Å²) in [4.78, 5) is 38.8. The third kappa shape index (κ3) is 3.06. The number of nitrogens with zero attached hydrogens (tertiary/aromatic N) is 1. The van der Waals surface area contributed by atoms with Crippen LogP contribution in [-0.2, 0) is 14.3 Å². The number of amides is 2. The van der Waals surface area contributed by atoms with Crippen LogP contribution in [0.1, 0.15) is 28.8 Å². The summed E-state index contributed by atoms with van der Waals surface area (Å²) in [5.74, 6) is -1.60. The molecular formula is C20H19NO5. The van der Waals surface area contributed by atoms with Crippen LogP contribution < -0.4 is 4.74 Å². The standard InChI is InChI=1S/C20H19NO5/c1-3-26-20(24)17-16(13-9-11-15(25-2)12-10-13)19(23)21(17)18(22)14-7-5-4-6-8-14/h4-12,16-17H,3H2,1-2H3/t16-,17-/m1/s1. The minimum absolute atomic E-state index is 0.173. The van der Waals surface area contributed by atoms with Gasteiger partial charge in [0.1, 0.15) is 5.75 Å². The molecule has 0 radical (unpaired) electrons. The second kappa shape index (κ2) is 7.39. The molecule has 3 rings (SSSR count). The second-order valence-electron chi connectivity index (χ2n) is 5.83. The van der Waals surface area contributed by atoms with E-state index >= 15 is 0 Å². The Labute approximate surface area is 151 Å². The van der Waals surface area contributed by atoms with Crippen molar-refractivity contribution in [2.24, 2.45) is 0 Å². The number of hydrogen-bond acceptors (Lipinski definition) is 5. The number of ether oxygens (including phenoxy) is 2. The van der Waals surface area contributed by atoms with Crippen molar-refractivity contribution in [1.82, 2.24) is 4.90 Å². The fourth-order valence-corrected chi connectivity index (χ4v) is 3.04. The van der Waals surface area contributed by atoms with E-state index in [2.05, 4.69) is 0 Å². The van der Waals surface area contributed by atoms with Crippen LogP contribution in [-0.4, -0.2) is 42.4 Å². The lowest BCUT2D eigenvalue weighted by atomic mass is 9.81. The average molecular weight is 353 g/mol. The summed E-state index contributed by atoms with van der Waals surface area (Å²) in [7, 11) is 1.55. The summed E-state index contributed by atoms with van der Waals surface area (Å²) in [6.45, 7) is 1.86. The van der Waals surface area contributed by atoms with E-state index in [1.807, 2.05) is 0 Å². The highest BCUT2D eigenvalue weighted by Crippen LogP contribution is 2.38. The molecule has 6 heteroatoms. The molecule has 0 N–H and O–H groups in total. The predicted molar refractivity (Wildman–Crippen MR) is 93.8 cm³/mol. The van der Waals surface area contributed by atoms with Crippen molar-refractivity contribution >= 4 is 17.8 Å². The molecular weight excluding hydrogens is 334 g/mol. The van der Waals surface area contributed by atoms with Gasteiger partial charge >= 0.3 is 5.97 Å². The van der Waals surface area contributed by atoms with Crippen LogP contribution in [0.25, 0.3) is 0 Å². The van der Waals surface area contributed by atoms with E-state index in [0.717, 1.165) is 4.90 Å². The van der Waals surface area contributed by atoms with Crippen molar-refractivity contribution in [1.29, 1.82) is 0 Å². The number of imide groups is 1. The Bertz CT molecular complexity index is 816. The van der Waals surface area contributed by atoms with Crippen molar-refractivity contribution < 1.29 is 23.9 Å². The number of carbonyl (C=O) groups is 3. The van der Waals surface area contributed by atoms with Crippen LogP contribution in [0, 0.1) is 0 Å². The van der Waals surface area contributed by atoms with Crippen molar-refractivity contribution in [2.45, 2.75) is 18.9 Å². The Balaban J connectivity index is 1.92. The van der Waals surface area contributed by atoms with Crippen LogP contribution >= 0.6 is 0 Å². The highest BCUT2D eigenvalue weighted by molar-refractivity contribution is 6.15. The summed E-state index contributed by atoms with van der Waals surface area (Å²) in [5.41, 5.74) is 0.995. The van der Waals surface area contributed by atoms with E-state index in [9.17, 15) is 14.4 Å². The fourth-order valence-electron chi connectivity index (χ4n) is 3.04. The summed E-state index contributed by atoms with van der Waals surface area (Å²) < 4.78 is 10.2. The SMILES string of the molecule is CCOC(=O)[C@H]1[C@@H](c2ccc(OC)cc2)C(=O)N1C(=O)c1ccccc1. The molecule has 2 amide bonds. The first-order valence-electron chi connectivity index (χ1n) is 8.31. The fraction of sp³-hybridized carbons (Fsp3) is 0.250. The molecule has 1 aliphatic heterocycles. The number of methoxy groups -OCH3 is 1. The first-order chi connectivity index (χ1) is 12.6. The van der Waals surface area contributed by atoms with E-state index in [-0.39, 0.29) is 6.61 Å². The Kier molecular flexibility index (Phi) is 5.02. The highest BCUT2D eigenvalue weighted by Gasteiger charge is 2.56. The van der Waals surface area contributed by atoms with Gasteiger partial charge in [0, 0.05) is 5.56 Å². The molecule has 0 saturated carbocycles. The van der Waals surface area contributed by atoms with Gasteiger partial charge in [-0.2, -0.15) is 0 Å². The van der Waals surface area contributed by atoms with Gasteiger partial charge in [-0.25, -0.2) is 4.79 Å². The molecule has 1 heterocycles. The Morgan fingerprint density at radius 2 is 1.69 bits per heavy atom. The topological polar surface area (TPSA) is 72.9 Å². The first kappa shape index (κ1) is 17.7. The third-order valence-corrected chi connectivity index (χ3v) is 4.34. The number of benzene rings is 2. The normalized spacial score (nSPS) is 18.8. The summed E-state index contributed by atoms with van der Waals surface area (Å²) in [6.07, 6.45) is 0. The van der Waals surface area contributed by atoms with Gasteiger partial charge < -0.3 is 9.47 Å². The lowest BCUT2D eigenvalue weighted by molar-refractivity contribution is -0.165. The zero-order chi connectivity index (χ0) is 18.7. The van der Waals surface area contributed by atoms with Crippen LogP contribution in [0.15, 0.2) is 54.6 Å². The van der Waals surface area contributed by atoms with E-state index in [1.54, 1.807) is 68.6 Å². The molecule has 1 saturated heterocycles. The predicted octanol–water partition coefficient (Wildman–Crippen LogP) is 2.39. The van der Waals surface area contributed by atoms with Gasteiger partial charge in [-0.05, 0) is 36.8 Å². The second-order valence-corrected chi connectivity index (χ2v) is 5.83. The van der Waals surface area contributed by atoms with Crippen molar-refractivity contribution in [3.8, 4) is 5.75 Å². The Morgan fingerprint density at radius 3 is 2.27 bits per heavy atom. The molecule has 0 spiro atoms. The van der Waals surface area contributed by atoms with Gasteiger partial charge in [-0.1, -0.05) is 30.3 Å². The Morgan fingerprint density at radius 1 is 1.04 bits per heavy atom. The monoisotopic (exact) mass is 353 g/mol. The van der Waals surface area contributed by atoms with E-state index in [1.165, 1.54) is 0 Å².